The maximum atomic E-state index is 13.1. The minimum absolute atomic E-state index is 0.100. The number of aromatic nitrogens is 2. The first-order chi connectivity index (χ1) is 12.9. The fourth-order valence-corrected chi connectivity index (χ4v) is 5.12. The van der Waals surface area contributed by atoms with Gasteiger partial charge in [-0.3, -0.25) is 4.79 Å². The van der Waals surface area contributed by atoms with Gasteiger partial charge in [-0.05, 0) is 57.9 Å². The van der Waals surface area contributed by atoms with E-state index in [-0.39, 0.29) is 11.2 Å². The van der Waals surface area contributed by atoms with Crippen LogP contribution < -0.4 is 4.90 Å². The Morgan fingerprint density at radius 3 is 2.67 bits per heavy atom. The predicted octanol–water partition coefficient (Wildman–Crippen LogP) is 5.40. The molecule has 1 atom stereocenters. The minimum atomic E-state index is -0.229. The van der Waals surface area contributed by atoms with E-state index in [0.29, 0.717) is 6.54 Å². The second-order valence-electron chi connectivity index (χ2n) is 6.54. The number of carbonyl (C=O) groups is 1. The van der Waals surface area contributed by atoms with Crippen molar-refractivity contribution in [3.8, 4) is 0 Å². The number of hydrogen-bond acceptors (Lipinski definition) is 5. The summed E-state index contributed by atoms with van der Waals surface area (Å²) in [4.78, 5) is 26.5. The summed E-state index contributed by atoms with van der Waals surface area (Å²) in [7, 11) is 0. The topological polar surface area (TPSA) is 46.1 Å². The smallest absolute Gasteiger partial charge is 0.240 e. The Morgan fingerprint density at radius 2 is 2.00 bits per heavy atom. The highest BCUT2D eigenvalue weighted by atomic mass is 32.2. The zero-order valence-electron chi connectivity index (χ0n) is 16.4. The van der Waals surface area contributed by atoms with Crippen molar-refractivity contribution in [1.82, 2.24) is 9.97 Å². The molecule has 2 aromatic heterocycles. The average molecular weight is 400 g/mol. The summed E-state index contributed by atoms with van der Waals surface area (Å²) in [6.45, 7) is 10.7. The summed E-state index contributed by atoms with van der Waals surface area (Å²) in [5.41, 5.74) is 2.10. The summed E-state index contributed by atoms with van der Waals surface area (Å²) in [5.74, 6) is 0.851. The number of aryl methyl sites for hydroxylation is 3. The van der Waals surface area contributed by atoms with Crippen molar-refractivity contribution in [1.29, 1.82) is 0 Å². The average Bonchev–Trinajstić information content (AvgIpc) is 3.05. The molecule has 1 unspecified atom stereocenters. The van der Waals surface area contributed by atoms with E-state index < -0.39 is 0 Å². The third-order valence-corrected chi connectivity index (χ3v) is 6.66. The maximum absolute atomic E-state index is 13.1. The van der Waals surface area contributed by atoms with Crippen LogP contribution in [0.2, 0.25) is 0 Å². The molecule has 6 heteroatoms. The molecular formula is C21H25N3OS2. The van der Waals surface area contributed by atoms with Gasteiger partial charge in [0.25, 0.3) is 0 Å². The molecule has 0 fully saturated rings. The Balaban J connectivity index is 1.87. The second kappa shape index (κ2) is 8.40. The third-order valence-electron chi connectivity index (χ3n) is 4.40. The van der Waals surface area contributed by atoms with Crippen LogP contribution >= 0.6 is 23.1 Å². The van der Waals surface area contributed by atoms with Gasteiger partial charge in [0.1, 0.15) is 15.7 Å². The highest BCUT2D eigenvalue weighted by Gasteiger charge is 2.24. The first kappa shape index (κ1) is 19.8. The lowest BCUT2D eigenvalue weighted by molar-refractivity contribution is -0.117. The summed E-state index contributed by atoms with van der Waals surface area (Å²) < 4.78 is 0. The summed E-state index contributed by atoms with van der Waals surface area (Å²) in [6.07, 6.45) is 0.982. The van der Waals surface area contributed by atoms with Gasteiger partial charge in [0.2, 0.25) is 5.91 Å². The molecule has 0 radical (unpaired) electrons. The molecule has 0 N–H and O–H groups in total. The van der Waals surface area contributed by atoms with Gasteiger partial charge >= 0.3 is 0 Å². The van der Waals surface area contributed by atoms with Crippen molar-refractivity contribution in [3.63, 3.8) is 0 Å². The Bertz CT molecular complexity index is 967. The summed E-state index contributed by atoms with van der Waals surface area (Å²) >= 11 is 3.24. The van der Waals surface area contributed by atoms with Crippen LogP contribution in [-0.2, 0) is 11.2 Å². The molecule has 3 aromatic rings. The van der Waals surface area contributed by atoms with Gasteiger partial charge in [-0.1, -0.05) is 30.8 Å². The Hall–Kier alpha value is -1.92. The fraction of sp³-hybridized carbons (Fsp3) is 0.381. The van der Waals surface area contributed by atoms with Crippen molar-refractivity contribution >= 4 is 44.9 Å². The molecule has 0 spiro atoms. The molecule has 0 aliphatic carbocycles. The first-order valence-electron chi connectivity index (χ1n) is 9.24. The lowest BCUT2D eigenvalue weighted by atomic mass is 10.2. The van der Waals surface area contributed by atoms with Gasteiger partial charge in [-0.15, -0.1) is 11.3 Å². The molecule has 1 amide bonds. The van der Waals surface area contributed by atoms with Crippen molar-refractivity contribution in [2.45, 2.75) is 51.3 Å². The summed E-state index contributed by atoms with van der Waals surface area (Å²) in [5, 5.41) is 1.73. The van der Waals surface area contributed by atoms with E-state index in [1.807, 2.05) is 50.8 Å². The SMILES string of the molecule is CCc1cc2c(SC(C)C(=O)N(CC)c3cccc(C)c3)nc(C)nc2s1. The number of fused-ring (bicyclic) bond motifs is 1. The fourth-order valence-electron chi connectivity index (χ4n) is 3.01. The number of amides is 1. The third kappa shape index (κ3) is 4.33. The molecular weight excluding hydrogens is 374 g/mol. The van der Waals surface area contributed by atoms with E-state index in [0.717, 1.165) is 38.7 Å². The van der Waals surface area contributed by atoms with E-state index in [4.69, 9.17) is 0 Å². The minimum Gasteiger partial charge on any atom is -0.312 e. The zero-order valence-corrected chi connectivity index (χ0v) is 18.1. The van der Waals surface area contributed by atoms with Crippen LogP contribution in [0.25, 0.3) is 10.2 Å². The van der Waals surface area contributed by atoms with E-state index >= 15 is 0 Å². The van der Waals surface area contributed by atoms with Gasteiger partial charge in [-0.25, -0.2) is 9.97 Å². The summed E-state index contributed by atoms with van der Waals surface area (Å²) in [6, 6.07) is 10.2. The number of nitrogens with zero attached hydrogens (tertiary/aromatic N) is 3. The van der Waals surface area contributed by atoms with Crippen LogP contribution in [0, 0.1) is 13.8 Å². The van der Waals surface area contributed by atoms with Crippen LogP contribution in [0.5, 0.6) is 0 Å². The lowest BCUT2D eigenvalue weighted by Gasteiger charge is -2.24. The number of thiophene rings is 1. The second-order valence-corrected chi connectivity index (χ2v) is 8.99. The number of hydrogen-bond donors (Lipinski definition) is 0. The molecule has 4 nitrogen and oxygen atoms in total. The Morgan fingerprint density at radius 1 is 1.22 bits per heavy atom. The lowest BCUT2D eigenvalue weighted by Crippen LogP contribution is -2.36. The van der Waals surface area contributed by atoms with Crippen molar-refractivity contribution in [2.75, 3.05) is 11.4 Å². The number of thioether (sulfide) groups is 1. The molecule has 0 bridgehead atoms. The molecule has 1 aromatic carbocycles. The van der Waals surface area contributed by atoms with Crippen LogP contribution in [0.4, 0.5) is 5.69 Å². The van der Waals surface area contributed by atoms with Gasteiger partial charge < -0.3 is 4.90 Å². The number of anilines is 1. The Labute approximate surface area is 169 Å². The van der Waals surface area contributed by atoms with E-state index in [1.165, 1.54) is 16.6 Å². The molecule has 142 valence electrons. The van der Waals surface area contributed by atoms with E-state index in [1.54, 1.807) is 11.3 Å². The highest BCUT2D eigenvalue weighted by molar-refractivity contribution is 8.00. The van der Waals surface area contributed by atoms with E-state index in [2.05, 4.69) is 29.0 Å². The first-order valence-corrected chi connectivity index (χ1v) is 10.9. The molecule has 0 aliphatic heterocycles. The van der Waals surface area contributed by atoms with Crippen molar-refractivity contribution in [3.05, 3.63) is 46.6 Å². The molecule has 0 saturated heterocycles. The van der Waals surface area contributed by atoms with Crippen LogP contribution in [0.1, 0.15) is 37.0 Å². The van der Waals surface area contributed by atoms with Gasteiger partial charge in [0.05, 0.1) is 5.25 Å². The predicted molar refractivity (Wildman–Crippen MR) is 116 cm³/mol. The monoisotopic (exact) mass is 399 g/mol. The highest BCUT2D eigenvalue weighted by Crippen LogP contribution is 2.34. The van der Waals surface area contributed by atoms with E-state index in [9.17, 15) is 4.79 Å². The number of rotatable bonds is 6. The standard InChI is InChI=1S/C21H25N3OS2/c1-6-17-12-18-19(22-15(5)23-20(18)27-17)26-14(4)21(25)24(7-2)16-10-8-9-13(3)11-16/h8-12,14H,6-7H2,1-5H3. The van der Waals surface area contributed by atoms with Gasteiger partial charge in [0.15, 0.2) is 0 Å². The molecule has 0 saturated carbocycles. The van der Waals surface area contributed by atoms with Crippen LogP contribution in [-0.4, -0.2) is 27.7 Å². The van der Waals surface area contributed by atoms with Gasteiger partial charge in [0, 0.05) is 22.5 Å². The zero-order chi connectivity index (χ0) is 19.6. The van der Waals surface area contributed by atoms with Crippen LogP contribution in [0.3, 0.4) is 0 Å². The Kier molecular flexibility index (Phi) is 6.17. The number of benzene rings is 1. The molecule has 2 heterocycles. The van der Waals surface area contributed by atoms with Crippen molar-refractivity contribution in [2.24, 2.45) is 0 Å². The molecule has 3 rings (SSSR count). The quantitative estimate of drug-likeness (QED) is 0.411. The normalized spacial score (nSPS) is 12.3. The molecule has 27 heavy (non-hydrogen) atoms. The van der Waals surface area contributed by atoms with Crippen LogP contribution in [0.15, 0.2) is 35.4 Å². The van der Waals surface area contributed by atoms with Gasteiger partial charge in [-0.2, -0.15) is 0 Å². The molecule has 0 aliphatic rings. The van der Waals surface area contributed by atoms with Crippen molar-refractivity contribution < 1.29 is 4.79 Å². The largest absolute Gasteiger partial charge is 0.312 e. The maximum Gasteiger partial charge on any atom is 0.240 e. The number of carbonyl (C=O) groups excluding carboxylic acids is 1.